The van der Waals surface area contributed by atoms with Crippen molar-refractivity contribution in [2.75, 3.05) is 19.6 Å². The maximum Gasteiger partial charge on any atom is 0.254 e. The van der Waals surface area contributed by atoms with Crippen LogP contribution in [0.25, 0.3) is 10.9 Å². The first-order valence-corrected chi connectivity index (χ1v) is 12.9. The Morgan fingerprint density at radius 1 is 1.00 bits per heavy atom. The van der Waals surface area contributed by atoms with Crippen molar-refractivity contribution in [1.29, 1.82) is 0 Å². The number of piperazine rings is 1. The molecule has 2 aliphatic rings. The molecule has 0 radical (unpaired) electrons. The molecule has 188 valence electrons. The summed E-state index contributed by atoms with van der Waals surface area (Å²) in [5, 5.41) is 1.08. The van der Waals surface area contributed by atoms with Crippen LogP contribution in [0.1, 0.15) is 47.7 Å². The zero-order valence-corrected chi connectivity index (χ0v) is 21.1. The van der Waals surface area contributed by atoms with E-state index in [1.807, 2.05) is 25.1 Å². The fourth-order valence-electron chi connectivity index (χ4n) is 6.10. The van der Waals surface area contributed by atoms with Crippen LogP contribution in [0.15, 0.2) is 72.8 Å². The predicted molar refractivity (Wildman–Crippen MR) is 142 cm³/mol. The van der Waals surface area contributed by atoms with E-state index in [1.165, 1.54) is 11.6 Å². The SMILES string of the molecule is CCc1ccc(C2CN3C(=O)CN(CCc4ccccc4F)C(=O)C3(C)c3[nH]c4ccccc4c32)cc1. The van der Waals surface area contributed by atoms with Gasteiger partial charge < -0.3 is 14.8 Å². The third-order valence-electron chi connectivity index (χ3n) is 8.22. The van der Waals surface area contributed by atoms with Crippen LogP contribution in [0, 0.1) is 5.82 Å². The highest BCUT2D eigenvalue weighted by Gasteiger charge is 2.56. The number of carbonyl (C=O) groups is 2. The summed E-state index contributed by atoms with van der Waals surface area (Å²) >= 11 is 0. The minimum Gasteiger partial charge on any atom is -0.356 e. The van der Waals surface area contributed by atoms with Gasteiger partial charge in [-0.3, -0.25) is 9.59 Å². The van der Waals surface area contributed by atoms with Crippen LogP contribution in [0.4, 0.5) is 4.39 Å². The molecule has 0 aliphatic carbocycles. The van der Waals surface area contributed by atoms with Gasteiger partial charge in [-0.15, -0.1) is 0 Å². The van der Waals surface area contributed by atoms with Gasteiger partial charge in [-0.1, -0.05) is 67.6 Å². The largest absolute Gasteiger partial charge is 0.356 e. The average molecular weight is 496 g/mol. The van der Waals surface area contributed by atoms with Gasteiger partial charge in [0, 0.05) is 29.9 Å². The fourth-order valence-corrected chi connectivity index (χ4v) is 6.10. The van der Waals surface area contributed by atoms with Crippen molar-refractivity contribution in [2.45, 2.75) is 38.1 Å². The first kappa shape index (κ1) is 23.5. The van der Waals surface area contributed by atoms with Crippen molar-refractivity contribution < 1.29 is 14.0 Å². The third-order valence-corrected chi connectivity index (χ3v) is 8.22. The standard InChI is InChI=1S/C31H30FN3O2/c1-3-20-12-14-21(15-13-20)24-18-35-27(36)19-34(17-16-22-8-4-6-10-25(22)32)30(37)31(35,2)29-28(24)23-9-5-7-11-26(23)33-29/h4-15,24,33H,3,16-19H2,1-2H3. The number of rotatable bonds is 5. The maximum absolute atomic E-state index is 14.2. The second-order valence-corrected chi connectivity index (χ2v) is 10.3. The minimum atomic E-state index is -1.15. The molecule has 37 heavy (non-hydrogen) atoms. The van der Waals surface area contributed by atoms with Crippen molar-refractivity contribution in [2.24, 2.45) is 0 Å². The summed E-state index contributed by atoms with van der Waals surface area (Å²) in [5.74, 6) is -0.559. The molecule has 2 unspecified atom stereocenters. The van der Waals surface area contributed by atoms with E-state index in [2.05, 4.69) is 42.2 Å². The Morgan fingerprint density at radius 3 is 2.49 bits per heavy atom. The molecule has 3 heterocycles. The van der Waals surface area contributed by atoms with Gasteiger partial charge >= 0.3 is 0 Å². The Labute approximate surface area is 215 Å². The average Bonchev–Trinajstić information content (AvgIpc) is 3.32. The van der Waals surface area contributed by atoms with Crippen LogP contribution in [0.3, 0.4) is 0 Å². The Kier molecular flexibility index (Phi) is 5.63. The van der Waals surface area contributed by atoms with Crippen LogP contribution >= 0.6 is 0 Å². The first-order valence-electron chi connectivity index (χ1n) is 12.9. The van der Waals surface area contributed by atoms with Gasteiger partial charge in [0.25, 0.3) is 5.91 Å². The zero-order valence-electron chi connectivity index (χ0n) is 21.1. The Bertz CT molecular complexity index is 1510. The molecule has 6 rings (SSSR count). The van der Waals surface area contributed by atoms with Crippen LogP contribution in [0.5, 0.6) is 0 Å². The predicted octanol–water partition coefficient (Wildman–Crippen LogP) is 5.14. The normalized spacial score (nSPS) is 21.3. The Balaban J connectivity index is 1.43. The number of hydrogen-bond donors (Lipinski definition) is 1. The molecular formula is C31H30FN3O2. The third kappa shape index (κ3) is 3.66. The van der Waals surface area contributed by atoms with Gasteiger partial charge in [0.2, 0.25) is 5.91 Å². The van der Waals surface area contributed by atoms with Crippen molar-refractivity contribution in [1.82, 2.24) is 14.8 Å². The lowest BCUT2D eigenvalue weighted by Crippen LogP contribution is -2.67. The van der Waals surface area contributed by atoms with Gasteiger partial charge in [0.05, 0.1) is 12.2 Å². The number of H-pyrrole nitrogens is 1. The summed E-state index contributed by atoms with van der Waals surface area (Å²) in [6, 6.07) is 23.3. The zero-order chi connectivity index (χ0) is 25.7. The van der Waals surface area contributed by atoms with Gasteiger partial charge in [-0.05, 0) is 54.2 Å². The van der Waals surface area contributed by atoms with Crippen LogP contribution in [-0.4, -0.2) is 46.2 Å². The second-order valence-electron chi connectivity index (χ2n) is 10.3. The number of aryl methyl sites for hydroxylation is 1. The molecule has 1 fully saturated rings. The quantitative estimate of drug-likeness (QED) is 0.417. The number of aromatic nitrogens is 1. The number of nitrogens with zero attached hydrogens (tertiary/aromatic N) is 2. The second kappa shape index (κ2) is 8.87. The lowest BCUT2D eigenvalue weighted by molar-refractivity contribution is -0.166. The highest BCUT2D eigenvalue weighted by Crippen LogP contribution is 2.48. The summed E-state index contributed by atoms with van der Waals surface area (Å²) in [6.07, 6.45) is 1.32. The van der Waals surface area contributed by atoms with Crippen molar-refractivity contribution >= 4 is 22.7 Å². The molecule has 1 saturated heterocycles. The van der Waals surface area contributed by atoms with Crippen LogP contribution in [-0.2, 0) is 28.0 Å². The Morgan fingerprint density at radius 2 is 1.73 bits per heavy atom. The lowest BCUT2D eigenvalue weighted by Gasteiger charge is -2.51. The molecule has 0 spiro atoms. The maximum atomic E-state index is 14.2. The van der Waals surface area contributed by atoms with E-state index in [-0.39, 0.29) is 36.6 Å². The summed E-state index contributed by atoms with van der Waals surface area (Å²) < 4.78 is 14.2. The molecule has 6 heteroatoms. The molecule has 3 aromatic carbocycles. The van der Waals surface area contributed by atoms with E-state index in [0.717, 1.165) is 34.1 Å². The van der Waals surface area contributed by atoms with Gasteiger partial charge in [-0.25, -0.2) is 4.39 Å². The van der Waals surface area contributed by atoms with E-state index in [0.29, 0.717) is 18.5 Å². The van der Waals surface area contributed by atoms with E-state index in [1.54, 1.807) is 28.0 Å². The molecule has 0 saturated carbocycles. The van der Waals surface area contributed by atoms with Crippen molar-refractivity contribution in [3.05, 3.63) is 107 Å². The number of carbonyl (C=O) groups excluding carboxylic acids is 2. The molecular weight excluding hydrogens is 465 g/mol. The molecule has 2 amide bonds. The van der Waals surface area contributed by atoms with Crippen molar-refractivity contribution in [3.8, 4) is 0 Å². The summed E-state index contributed by atoms with van der Waals surface area (Å²) in [5.41, 5.74) is 4.59. The summed E-state index contributed by atoms with van der Waals surface area (Å²) in [6.45, 7) is 4.71. The number of benzene rings is 3. The highest BCUT2D eigenvalue weighted by molar-refractivity contribution is 6.01. The van der Waals surface area contributed by atoms with Gasteiger partial charge in [-0.2, -0.15) is 0 Å². The minimum absolute atomic E-state index is 0.0000692. The smallest absolute Gasteiger partial charge is 0.254 e. The van der Waals surface area contributed by atoms with E-state index >= 15 is 0 Å². The van der Waals surface area contributed by atoms with E-state index < -0.39 is 5.54 Å². The summed E-state index contributed by atoms with van der Waals surface area (Å²) in [7, 11) is 0. The number of hydrogen-bond acceptors (Lipinski definition) is 2. The number of aromatic amines is 1. The fraction of sp³-hybridized carbons (Fsp3) is 0.290. The van der Waals surface area contributed by atoms with E-state index in [4.69, 9.17) is 0 Å². The monoisotopic (exact) mass is 495 g/mol. The highest BCUT2D eigenvalue weighted by atomic mass is 19.1. The number of nitrogens with one attached hydrogen (secondary N) is 1. The van der Waals surface area contributed by atoms with E-state index in [9.17, 15) is 14.0 Å². The van der Waals surface area contributed by atoms with Crippen LogP contribution < -0.4 is 0 Å². The Hall–Kier alpha value is -3.93. The van der Waals surface area contributed by atoms with Gasteiger partial charge in [0.15, 0.2) is 5.54 Å². The number of para-hydroxylation sites is 1. The lowest BCUT2D eigenvalue weighted by atomic mass is 9.76. The molecule has 1 aromatic heterocycles. The number of halogens is 1. The first-order chi connectivity index (χ1) is 17.9. The molecule has 2 atom stereocenters. The molecule has 1 N–H and O–H groups in total. The topological polar surface area (TPSA) is 56.4 Å². The number of amides is 2. The molecule has 2 aliphatic heterocycles. The molecule has 4 aromatic rings. The van der Waals surface area contributed by atoms with Crippen molar-refractivity contribution in [3.63, 3.8) is 0 Å². The summed E-state index contributed by atoms with van der Waals surface area (Å²) in [4.78, 5) is 34.6. The molecule has 0 bridgehead atoms. The van der Waals surface area contributed by atoms with Crippen LogP contribution in [0.2, 0.25) is 0 Å². The van der Waals surface area contributed by atoms with Gasteiger partial charge in [0.1, 0.15) is 5.82 Å². The molecule has 5 nitrogen and oxygen atoms in total. The number of fused-ring (bicyclic) bond motifs is 5.